The third-order valence-corrected chi connectivity index (χ3v) is 5.25. The molecule has 2 amide bonds. The topological polar surface area (TPSA) is 81.7 Å². The first-order valence-electron chi connectivity index (χ1n) is 9.53. The molecule has 1 aliphatic heterocycles. The highest BCUT2D eigenvalue weighted by molar-refractivity contribution is 5.96. The van der Waals surface area contributed by atoms with Gasteiger partial charge in [-0.3, -0.25) is 14.5 Å². The fraction of sp³-hybridized carbons (Fsp3) is 0.600. The zero-order chi connectivity index (χ0) is 18.7. The molecule has 26 heavy (non-hydrogen) atoms. The molecule has 142 valence electrons. The fourth-order valence-electron chi connectivity index (χ4n) is 3.73. The molecular weight excluding hydrogens is 330 g/mol. The fourth-order valence-corrected chi connectivity index (χ4v) is 3.73. The van der Waals surface area contributed by atoms with Crippen molar-refractivity contribution in [3.63, 3.8) is 0 Å². The Labute approximate surface area is 155 Å². The Hall–Kier alpha value is -1.92. The lowest BCUT2D eigenvalue weighted by atomic mass is 9.78. The Kier molecular flexibility index (Phi) is 5.94. The molecule has 3 N–H and O–H groups in total. The molecule has 1 saturated carbocycles. The smallest absolute Gasteiger partial charge is 0.251 e. The van der Waals surface area contributed by atoms with Crippen LogP contribution in [0.4, 0.5) is 0 Å². The monoisotopic (exact) mass is 359 g/mol. The maximum atomic E-state index is 12.8. The highest BCUT2D eigenvalue weighted by Crippen LogP contribution is 2.37. The van der Waals surface area contributed by atoms with Crippen LogP contribution in [0.15, 0.2) is 24.3 Å². The van der Waals surface area contributed by atoms with Crippen LogP contribution in [-0.2, 0) is 4.79 Å². The van der Waals surface area contributed by atoms with Gasteiger partial charge >= 0.3 is 0 Å². The molecule has 0 aromatic heterocycles. The van der Waals surface area contributed by atoms with Crippen LogP contribution in [0.5, 0.6) is 0 Å². The molecule has 6 nitrogen and oxygen atoms in total. The average Bonchev–Trinajstić information content (AvgIpc) is 2.84. The number of aliphatic hydroxyl groups is 1. The first-order chi connectivity index (χ1) is 12.4. The summed E-state index contributed by atoms with van der Waals surface area (Å²) in [6.45, 7) is 4.93. The number of nitrogens with zero attached hydrogens (tertiary/aromatic N) is 1. The maximum absolute atomic E-state index is 12.8. The standard InChI is InChI=1S/C20H29N3O3/c1-13(2)21-19(25)12-23-10-17(18(24)11-23)22-20(26)16-9-4-3-8-15(16)14-6-5-7-14/h3-4,8-9,13-14,17-18,24H,5-7,10-12H2,1-2H3,(H,21,25)(H,22,26)/t17-,18-/m1/s1. The van der Waals surface area contributed by atoms with Crippen molar-refractivity contribution in [3.05, 3.63) is 35.4 Å². The van der Waals surface area contributed by atoms with Crippen molar-refractivity contribution in [2.24, 2.45) is 0 Å². The van der Waals surface area contributed by atoms with Gasteiger partial charge < -0.3 is 15.7 Å². The molecule has 6 heteroatoms. The molecule has 0 radical (unpaired) electrons. The van der Waals surface area contributed by atoms with Gasteiger partial charge in [0.15, 0.2) is 0 Å². The number of benzene rings is 1. The van der Waals surface area contributed by atoms with Crippen LogP contribution >= 0.6 is 0 Å². The van der Waals surface area contributed by atoms with E-state index in [2.05, 4.69) is 10.6 Å². The Balaban J connectivity index is 1.59. The second-order valence-corrected chi connectivity index (χ2v) is 7.78. The molecule has 0 unspecified atom stereocenters. The summed E-state index contributed by atoms with van der Waals surface area (Å²) in [5.41, 5.74) is 1.82. The Morgan fingerprint density at radius 1 is 1.23 bits per heavy atom. The van der Waals surface area contributed by atoms with Crippen molar-refractivity contribution in [1.29, 1.82) is 0 Å². The van der Waals surface area contributed by atoms with Gasteiger partial charge in [0.1, 0.15) is 0 Å². The first kappa shape index (κ1) is 18.9. The van der Waals surface area contributed by atoms with Gasteiger partial charge in [0, 0.05) is 24.7 Å². The summed E-state index contributed by atoms with van der Waals surface area (Å²) in [6.07, 6.45) is 2.82. The van der Waals surface area contributed by atoms with E-state index in [1.807, 2.05) is 43.0 Å². The Bertz CT molecular complexity index is 657. The number of nitrogens with one attached hydrogen (secondary N) is 2. The molecule has 1 aromatic rings. The summed E-state index contributed by atoms with van der Waals surface area (Å²) < 4.78 is 0. The lowest BCUT2D eigenvalue weighted by Gasteiger charge is -2.28. The number of amides is 2. The van der Waals surface area contributed by atoms with Crippen LogP contribution in [0.25, 0.3) is 0 Å². The predicted octanol–water partition coefficient (Wildman–Crippen LogP) is 1.25. The minimum absolute atomic E-state index is 0.0606. The number of β-amino-alcohol motifs (C(OH)–C–C–N with tert-alkyl or cyclic N) is 1. The first-order valence-corrected chi connectivity index (χ1v) is 9.53. The number of aliphatic hydroxyl groups excluding tert-OH is 1. The number of carbonyl (C=O) groups is 2. The summed E-state index contributed by atoms with van der Waals surface area (Å²) in [7, 11) is 0. The molecule has 2 atom stereocenters. The molecule has 1 aliphatic carbocycles. The molecule has 1 aromatic carbocycles. The van der Waals surface area contributed by atoms with Gasteiger partial charge in [0.25, 0.3) is 5.91 Å². The summed E-state index contributed by atoms with van der Waals surface area (Å²) in [4.78, 5) is 26.5. The van der Waals surface area contributed by atoms with Crippen molar-refractivity contribution >= 4 is 11.8 Å². The van der Waals surface area contributed by atoms with E-state index in [9.17, 15) is 14.7 Å². The second kappa shape index (κ2) is 8.18. The molecule has 2 fully saturated rings. The zero-order valence-electron chi connectivity index (χ0n) is 15.6. The molecular formula is C20H29N3O3. The van der Waals surface area contributed by atoms with Crippen LogP contribution in [0.1, 0.15) is 54.9 Å². The predicted molar refractivity (Wildman–Crippen MR) is 100 cm³/mol. The largest absolute Gasteiger partial charge is 0.390 e. The van der Waals surface area contributed by atoms with Gasteiger partial charge in [-0.15, -0.1) is 0 Å². The van der Waals surface area contributed by atoms with Gasteiger partial charge in [-0.05, 0) is 44.2 Å². The highest BCUT2D eigenvalue weighted by atomic mass is 16.3. The summed E-state index contributed by atoms with van der Waals surface area (Å²) in [5, 5.41) is 16.1. The molecule has 3 rings (SSSR count). The van der Waals surface area contributed by atoms with Crippen molar-refractivity contribution < 1.29 is 14.7 Å². The minimum Gasteiger partial charge on any atom is -0.390 e. The van der Waals surface area contributed by atoms with Crippen molar-refractivity contribution in [2.45, 2.75) is 57.2 Å². The van der Waals surface area contributed by atoms with Crippen molar-refractivity contribution in [2.75, 3.05) is 19.6 Å². The van der Waals surface area contributed by atoms with Crippen LogP contribution in [0, 0.1) is 0 Å². The van der Waals surface area contributed by atoms with Gasteiger partial charge in [0.05, 0.1) is 18.7 Å². The van der Waals surface area contributed by atoms with E-state index in [1.165, 1.54) is 6.42 Å². The van der Waals surface area contributed by atoms with E-state index in [4.69, 9.17) is 0 Å². The number of rotatable bonds is 6. The van der Waals surface area contributed by atoms with E-state index in [0.29, 0.717) is 24.6 Å². The third kappa shape index (κ3) is 4.43. The van der Waals surface area contributed by atoms with Crippen molar-refractivity contribution in [1.82, 2.24) is 15.5 Å². The lowest BCUT2D eigenvalue weighted by molar-refractivity contribution is -0.122. The van der Waals surface area contributed by atoms with Crippen LogP contribution < -0.4 is 10.6 Å². The quantitative estimate of drug-likeness (QED) is 0.714. The van der Waals surface area contributed by atoms with E-state index in [-0.39, 0.29) is 30.4 Å². The highest BCUT2D eigenvalue weighted by Gasteiger charge is 2.34. The van der Waals surface area contributed by atoms with Gasteiger partial charge in [0.2, 0.25) is 5.91 Å². The average molecular weight is 359 g/mol. The summed E-state index contributed by atoms with van der Waals surface area (Å²) >= 11 is 0. The molecule has 0 spiro atoms. The number of carbonyl (C=O) groups excluding carboxylic acids is 2. The third-order valence-electron chi connectivity index (χ3n) is 5.25. The number of likely N-dealkylation sites (tertiary alicyclic amines) is 1. The van der Waals surface area contributed by atoms with Gasteiger partial charge in [-0.1, -0.05) is 24.6 Å². The minimum atomic E-state index is -0.665. The number of hydrogen-bond acceptors (Lipinski definition) is 4. The Morgan fingerprint density at radius 2 is 1.96 bits per heavy atom. The van der Waals surface area contributed by atoms with E-state index < -0.39 is 6.10 Å². The molecule has 1 saturated heterocycles. The molecule has 1 heterocycles. The van der Waals surface area contributed by atoms with E-state index >= 15 is 0 Å². The number of hydrogen-bond donors (Lipinski definition) is 3. The normalized spacial score (nSPS) is 23.7. The Morgan fingerprint density at radius 3 is 2.62 bits per heavy atom. The van der Waals surface area contributed by atoms with Gasteiger partial charge in [-0.2, -0.15) is 0 Å². The summed E-state index contributed by atoms with van der Waals surface area (Å²) in [5.74, 6) is 0.279. The molecule has 2 aliphatic rings. The van der Waals surface area contributed by atoms with Crippen LogP contribution in [-0.4, -0.2) is 59.6 Å². The van der Waals surface area contributed by atoms with Gasteiger partial charge in [-0.25, -0.2) is 0 Å². The van der Waals surface area contributed by atoms with E-state index in [1.54, 1.807) is 0 Å². The van der Waals surface area contributed by atoms with E-state index in [0.717, 1.165) is 18.4 Å². The SMILES string of the molecule is CC(C)NC(=O)CN1C[C@@H](O)[C@H](NC(=O)c2ccccc2C2CCC2)C1. The second-order valence-electron chi connectivity index (χ2n) is 7.78. The van der Waals surface area contributed by atoms with Crippen LogP contribution in [0.2, 0.25) is 0 Å². The van der Waals surface area contributed by atoms with Crippen LogP contribution in [0.3, 0.4) is 0 Å². The summed E-state index contributed by atoms with van der Waals surface area (Å²) in [6, 6.07) is 7.48. The maximum Gasteiger partial charge on any atom is 0.251 e. The lowest BCUT2D eigenvalue weighted by Crippen LogP contribution is -2.44. The zero-order valence-corrected chi connectivity index (χ0v) is 15.6. The van der Waals surface area contributed by atoms with Crippen molar-refractivity contribution in [3.8, 4) is 0 Å². The molecule has 0 bridgehead atoms.